The standard InChI is InChI=1S/C43H51N5O6S2Si/c1-41(2,3)36(54-57(8)9)35-34(39(51)53-42(4,5)6)48-31(26-55-35)33(38(48)50)45-37(49)32(47-52-7)30-25-56-40(44-30)46-43(27-19-13-10-14-20-27,28-21-15-11-16-22-28)29-23-17-12-18-24-29/h10-25,31,33,36,57H,26H2,1-9H3,(H,44,46)(H,45,49). The molecule has 0 spiro atoms. The maximum absolute atomic E-state index is 14.1. The van der Waals surface area contributed by atoms with Crippen LogP contribution in [-0.2, 0) is 33.9 Å². The lowest BCUT2D eigenvalue weighted by molar-refractivity contribution is -0.160. The number of anilines is 1. The lowest BCUT2D eigenvalue weighted by atomic mass is 9.77. The van der Waals surface area contributed by atoms with Crippen LogP contribution in [0.4, 0.5) is 5.13 Å². The van der Waals surface area contributed by atoms with Gasteiger partial charge < -0.3 is 24.6 Å². The van der Waals surface area contributed by atoms with Crippen LogP contribution in [-0.4, -0.2) is 79.1 Å². The van der Waals surface area contributed by atoms with Crippen molar-refractivity contribution in [3.63, 3.8) is 0 Å². The first-order chi connectivity index (χ1) is 27.0. The van der Waals surface area contributed by atoms with Gasteiger partial charge in [0.05, 0.1) is 12.1 Å². The highest BCUT2D eigenvalue weighted by Crippen LogP contribution is 2.46. The van der Waals surface area contributed by atoms with E-state index in [1.807, 2.05) is 54.6 Å². The monoisotopic (exact) mass is 825 g/mol. The number of amides is 2. The van der Waals surface area contributed by atoms with Gasteiger partial charge >= 0.3 is 5.97 Å². The number of oxime groups is 1. The van der Waals surface area contributed by atoms with Crippen molar-refractivity contribution in [1.82, 2.24) is 15.2 Å². The summed E-state index contributed by atoms with van der Waals surface area (Å²) < 4.78 is 12.4. The maximum atomic E-state index is 14.1. The number of benzene rings is 3. The number of rotatable bonds is 13. The minimum atomic E-state index is -1.57. The van der Waals surface area contributed by atoms with Crippen molar-refractivity contribution in [2.24, 2.45) is 10.6 Å². The number of carbonyl (C=O) groups excluding carboxylic acids is 3. The molecule has 3 heterocycles. The normalized spacial score (nSPS) is 18.1. The molecule has 57 heavy (non-hydrogen) atoms. The minimum absolute atomic E-state index is 0.0899. The molecule has 14 heteroatoms. The van der Waals surface area contributed by atoms with Gasteiger partial charge in [-0.25, -0.2) is 9.78 Å². The van der Waals surface area contributed by atoms with Gasteiger partial charge in [-0.15, -0.1) is 23.1 Å². The van der Waals surface area contributed by atoms with E-state index in [4.69, 9.17) is 19.0 Å². The molecule has 0 aliphatic carbocycles. The van der Waals surface area contributed by atoms with Crippen molar-refractivity contribution in [2.75, 3.05) is 18.2 Å². The number of thioether (sulfide) groups is 1. The molecule has 3 atom stereocenters. The average molecular weight is 826 g/mol. The predicted molar refractivity (Wildman–Crippen MR) is 230 cm³/mol. The van der Waals surface area contributed by atoms with Crippen LogP contribution in [0.2, 0.25) is 13.1 Å². The molecule has 2 N–H and O–H groups in total. The summed E-state index contributed by atoms with van der Waals surface area (Å²) in [5, 5.41) is 13.0. The summed E-state index contributed by atoms with van der Waals surface area (Å²) in [7, 11) is -0.216. The van der Waals surface area contributed by atoms with Gasteiger partial charge in [0, 0.05) is 16.0 Å². The number of β-lactam (4-membered cyclic amide) rings is 1. The van der Waals surface area contributed by atoms with Gasteiger partial charge in [-0.2, -0.15) is 0 Å². The van der Waals surface area contributed by atoms with Gasteiger partial charge in [0.1, 0.15) is 35.7 Å². The van der Waals surface area contributed by atoms with Crippen molar-refractivity contribution in [2.45, 2.75) is 84.0 Å². The van der Waals surface area contributed by atoms with Crippen LogP contribution < -0.4 is 10.6 Å². The Kier molecular flexibility index (Phi) is 12.5. The fourth-order valence-corrected chi connectivity index (χ4v) is 10.6. The molecule has 0 bridgehead atoms. The van der Waals surface area contributed by atoms with Crippen molar-refractivity contribution in [3.8, 4) is 0 Å². The Hall–Kier alpha value is -4.76. The molecule has 11 nitrogen and oxygen atoms in total. The van der Waals surface area contributed by atoms with Gasteiger partial charge in [-0.3, -0.25) is 14.5 Å². The molecule has 1 saturated heterocycles. The van der Waals surface area contributed by atoms with Crippen LogP contribution in [0.5, 0.6) is 0 Å². The molecule has 0 saturated carbocycles. The third-order valence-corrected chi connectivity index (χ3v) is 12.3. The molecule has 2 aliphatic heterocycles. The Morgan fingerprint density at radius 1 is 0.895 bits per heavy atom. The summed E-state index contributed by atoms with van der Waals surface area (Å²) in [5.41, 5.74) is 1.34. The van der Waals surface area contributed by atoms with E-state index < -0.39 is 56.2 Å². The quantitative estimate of drug-likeness (QED) is 0.0356. The highest BCUT2D eigenvalue weighted by molar-refractivity contribution is 8.03. The zero-order valence-electron chi connectivity index (χ0n) is 33.9. The first kappa shape index (κ1) is 41.9. The van der Waals surface area contributed by atoms with E-state index in [0.717, 1.165) is 16.7 Å². The summed E-state index contributed by atoms with van der Waals surface area (Å²) in [4.78, 5) is 54.2. The van der Waals surface area contributed by atoms with Gasteiger partial charge in [-0.05, 0) is 56.0 Å². The fourth-order valence-electron chi connectivity index (χ4n) is 7.06. The number of fused-ring (bicyclic) bond motifs is 1. The summed E-state index contributed by atoms with van der Waals surface area (Å²) in [6, 6.07) is 29.0. The highest BCUT2D eigenvalue weighted by atomic mass is 32.2. The molecular formula is C43H51N5O6S2Si. The Morgan fingerprint density at radius 2 is 1.44 bits per heavy atom. The molecule has 0 radical (unpaired) electrons. The first-order valence-electron chi connectivity index (χ1n) is 19.0. The van der Waals surface area contributed by atoms with E-state index in [-0.39, 0.29) is 22.5 Å². The van der Waals surface area contributed by atoms with Crippen molar-refractivity contribution in [3.05, 3.63) is 129 Å². The summed E-state index contributed by atoms with van der Waals surface area (Å²) in [6.07, 6.45) is -0.420. The largest absolute Gasteiger partial charge is 0.455 e. The van der Waals surface area contributed by atoms with E-state index in [1.165, 1.54) is 35.1 Å². The molecule has 3 aromatic carbocycles. The number of hydrogen-bond donors (Lipinski definition) is 2. The molecular weight excluding hydrogens is 775 g/mol. The Balaban J connectivity index is 1.29. The number of aromatic nitrogens is 1. The molecule has 2 aliphatic rings. The Bertz CT molecular complexity index is 2030. The maximum Gasteiger partial charge on any atom is 0.356 e. The van der Waals surface area contributed by atoms with Gasteiger partial charge in [0.25, 0.3) is 11.8 Å². The van der Waals surface area contributed by atoms with E-state index in [2.05, 4.69) is 86.1 Å². The minimum Gasteiger partial charge on any atom is -0.455 e. The van der Waals surface area contributed by atoms with Crippen LogP contribution in [0.15, 0.2) is 112 Å². The smallest absolute Gasteiger partial charge is 0.356 e. The van der Waals surface area contributed by atoms with Crippen molar-refractivity contribution in [1.29, 1.82) is 0 Å². The third-order valence-electron chi connectivity index (χ3n) is 9.47. The van der Waals surface area contributed by atoms with Gasteiger partial charge in [0.15, 0.2) is 19.9 Å². The molecule has 2 amide bonds. The number of esters is 1. The van der Waals surface area contributed by atoms with E-state index in [0.29, 0.717) is 15.8 Å². The lowest BCUT2D eigenvalue weighted by Gasteiger charge is -2.51. The fraction of sp³-hybridized carbons (Fsp3) is 0.372. The highest BCUT2D eigenvalue weighted by Gasteiger charge is 2.56. The molecule has 6 rings (SSSR count). The second kappa shape index (κ2) is 17.0. The zero-order valence-corrected chi connectivity index (χ0v) is 36.6. The van der Waals surface area contributed by atoms with Crippen LogP contribution in [0.25, 0.3) is 0 Å². The molecule has 4 aromatic rings. The van der Waals surface area contributed by atoms with E-state index >= 15 is 0 Å². The van der Waals surface area contributed by atoms with Crippen LogP contribution >= 0.6 is 23.1 Å². The Morgan fingerprint density at radius 3 is 1.91 bits per heavy atom. The Labute approximate surface area is 345 Å². The third kappa shape index (κ3) is 8.89. The molecule has 3 unspecified atom stereocenters. The number of hydrogen-bond acceptors (Lipinski definition) is 11. The van der Waals surface area contributed by atoms with E-state index in [9.17, 15) is 14.4 Å². The van der Waals surface area contributed by atoms with Crippen LogP contribution in [0.1, 0.15) is 63.9 Å². The summed E-state index contributed by atoms with van der Waals surface area (Å²) in [6.45, 7) is 15.7. The van der Waals surface area contributed by atoms with Crippen molar-refractivity contribution >= 4 is 60.8 Å². The summed E-state index contributed by atoms with van der Waals surface area (Å²) >= 11 is 2.80. The zero-order chi connectivity index (χ0) is 41.1. The van der Waals surface area contributed by atoms with Crippen LogP contribution in [0.3, 0.4) is 0 Å². The van der Waals surface area contributed by atoms with Crippen molar-refractivity contribution < 1.29 is 28.4 Å². The van der Waals surface area contributed by atoms with Gasteiger partial charge in [-0.1, -0.05) is 117 Å². The number of nitrogens with zero attached hydrogens (tertiary/aromatic N) is 3. The first-order valence-corrected chi connectivity index (χ1v) is 23.6. The van der Waals surface area contributed by atoms with Crippen LogP contribution in [0, 0.1) is 5.41 Å². The van der Waals surface area contributed by atoms with Gasteiger partial charge in [0.2, 0.25) is 0 Å². The number of ether oxygens (including phenoxy) is 1. The second-order valence-corrected chi connectivity index (χ2v) is 20.6. The number of nitrogens with one attached hydrogen (secondary N) is 2. The molecule has 1 fully saturated rings. The molecule has 300 valence electrons. The second-order valence-electron chi connectivity index (χ2n) is 16.3. The van der Waals surface area contributed by atoms with E-state index in [1.54, 1.807) is 26.2 Å². The topological polar surface area (TPSA) is 131 Å². The molecule has 1 aromatic heterocycles. The SMILES string of the molecule is CON=C(C(=O)NC1C(=O)N2C(C(=O)OC(C)(C)C)=C(C(O[SiH](C)C)C(C)(C)C)SCC12)c1csc(NC(c2ccccc2)(c2ccccc2)c2ccccc2)n1. The lowest BCUT2D eigenvalue weighted by Crippen LogP contribution is -2.73. The average Bonchev–Trinajstić information content (AvgIpc) is 3.64. The number of thiazole rings is 1. The summed E-state index contributed by atoms with van der Waals surface area (Å²) in [5.74, 6) is -1.21. The number of carbonyl (C=O) groups is 3. The predicted octanol–water partition coefficient (Wildman–Crippen LogP) is 7.31.